The smallest absolute Gasteiger partial charge is 0.255 e. The van der Waals surface area contributed by atoms with Gasteiger partial charge in [-0.1, -0.05) is 17.7 Å². The Labute approximate surface area is 132 Å². The number of thiophene rings is 1. The Morgan fingerprint density at radius 1 is 1.62 bits per heavy atom. The zero-order valence-electron chi connectivity index (χ0n) is 11.8. The van der Waals surface area contributed by atoms with Crippen LogP contribution in [0.2, 0.25) is 5.02 Å². The van der Waals surface area contributed by atoms with Gasteiger partial charge in [-0.3, -0.25) is 4.79 Å². The molecule has 2 aromatic rings. The molecule has 3 N–H and O–H groups in total. The number of nitrogens with zero attached hydrogens (tertiary/aromatic N) is 2. The van der Waals surface area contributed by atoms with E-state index in [-0.39, 0.29) is 11.9 Å². The molecular weight excluding hydrogens is 308 g/mol. The van der Waals surface area contributed by atoms with E-state index in [2.05, 4.69) is 16.5 Å². The lowest BCUT2D eigenvalue weighted by molar-refractivity contribution is 0.0743. The van der Waals surface area contributed by atoms with Gasteiger partial charge in [-0.25, -0.2) is 10.8 Å². The summed E-state index contributed by atoms with van der Waals surface area (Å²) in [7, 11) is 1.78. The zero-order valence-corrected chi connectivity index (χ0v) is 13.4. The number of hydrogen-bond acceptors (Lipinski definition) is 5. The van der Waals surface area contributed by atoms with Crippen LogP contribution in [0, 0.1) is 0 Å². The Kier molecular flexibility index (Phi) is 5.17. The maximum absolute atomic E-state index is 12.4. The molecule has 0 spiro atoms. The number of anilines is 1. The fourth-order valence-electron chi connectivity index (χ4n) is 1.92. The number of amides is 1. The van der Waals surface area contributed by atoms with E-state index in [0.29, 0.717) is 16.4 Å². The molecule has 1 unspecified atom stereocenters. The maximum atomic E-state index is 12.4. The summed E-state index contributed by atoms with van der Waals surface area (Å²) in [6, 6.07) is 5.74. The Morgan fingerprint density at radius 3 is 2.95 bits per heavy atom. The van der Waals surface area contributed by atoms with Gasteiger partial charge in [0.15, 0.2) is 5.82 Å². The average Bonchev–Trinajstić information content (AvgIpc) is 2.98. The van der Waals surface area contributed by atoms with Gasteiger partial charge in [0.1, 0.15) is 0 Å². The highest BCUT2D eigenvalue weighted by molar-refractivity contribution is 7.09. The number of rotatable bonds is 5. The number of nitrogens with two attached hydrogens (primary N) is 1. The highest BCUT2D eigenvalue weighted by Crippen LogP contribution is 2.21. The summed E-state index contributed by atoms with van der Waals surface area (Å²) in [6.45, 7) is 2.02. The summed E-state index contributed by atoms with van der Waals surface area (Å²) >= 11 is 7.69. The molecule has 0 saturated carbocycles. The molecular formula is C14H17ClN4OS. The van der Waals surface area contributed by atoms with Crippen LogP contribution in [0.5, 0.6) is 0 Å². The van der Waals surface area contributed by atoms with Crippen LogP contribution in [-0.2, 0) is 6.42 Å². The molecule has 21 heavy (non-hydrogen) atoms. The normalized spacial score (nSPS) is 12.0. The summed E-state index contributed by atoms with van der Waals surface area (Å²) in [6.07, 6.45) is 2.29. The first-order chi connectivity index (χ1) is 10.0. The standard InChI is InChI=1S/C14H17ClN4OS/c1-9(6-11-4-3-5-21-11)19(2)14(20)10-7-12(15)13(18-16)17-8-10/h3-5,7-9H,6,16H2,1-2H3,(H,17,18). The molecule has 0 aliphatic heterocycles. The third-order valence-electron chi connectivity index (χ3n) is 3.28. The quantitative estimate of drug-likeness (QED) is 0.655. The van der Waals surface area contributed by atoms with Gasteiger partial charge in [0.25, 0.3) is 5.91 Å². The van der Waals surface area contributed by atoms with Gasteiger partial charge in [0.2, 0.25) is 0 Å². The first-order valence-electron chi connectivity index (χ1n) is 6.44. The molecule has 0 aliphatic rings. The third kappa shape index (κ3) is 3.72. The molecule has 0 radical (unpaired) electrons. The van der Waals surface area contributed by atoms with Crippen LogP contribution in [0.3, 0.4) is 0 Å². The van der Waals surface area contributed by atoms with Crippen LogP contribution in [-0.4, -0.2) is 28.9 Å². The molecule has 2 heterocycles. The van der Waals surface area contributed by atoms with E-state index in [4.69, 9.17) is 17.4 Å². The van der Waals surface area contributed by atoms with Crippen molar-refractivity contribution in [2.45, 2.75) is 19.4 Å². The summed E-state index contributed by atoms with van der Waals surface area (Å²) in [5.74, 6) is 5.51. The van der Waals surface area contributed by atoms with Crippen LogP contribution in [0.15, 0.2) is 29.8 Å². The van der Waals surface area contributed by atoms with Crippen molar-refractivity contribution in [3.8, 4) is 0 Å². The molecule has 1 amide bonds. The summed E-state index contributed by atoms with van der Waals surface area (Å²) in [5, 5.41) is 2.36. The SMILES string of the molecule is CC(Cc1cccs1)N(C)C(=O)c1cnc(NN)c(Cl)c1. The molecule has 0 saturated heterocycles. The molecule has 0 fully saturated rings. The summed E-state index contributed by atoms with van der Waals surface area (Å²) < 4.78 is 0. The van der Waals surface area contributed by atoms with Gasteiger partial charge < -0.3 is 10.3 Å². The monoisotopic (exact) mass is 324 g/mol. The second-order valence-electron chi connectivity index (χ2n) is 4.75. The highest BCUT2D eigenvalue weighted by atomic mass is 35.5. The molecule has 0 aliphatic carbocycles. The second-order valence-corrected chi connectivity index (χ2v) is 6.19. The summed E-state index contributed by atoms with van der Waals surface area (Å²) in [4.78, 5) is 19.4. The van der Waals surface area contributed by atoms with Crippen molar-refractivity contribution in [2.75, 3.05) is 12.5 Å². The number of halogens is 1. The van der Waals surface area contributed by atoms with E-state index < -0.39 is 0 Å². The van der Waals surface area contributed by atoms with E-state index in [9.17, 15) is 4.79 Å². The number of nitrogens with one attached hydrogen (secondary N) is 1. The van der Waals surface area contributed by atoms with Crippen LogP contribution in [0.25, 0.3) is 0 Å². The first-order valence-corrected chi connectivity index (χ1v) is 7.70. The number of likely N-dealkylation sites (N-methyl/N-ethyl adjacent to an activating group) is 1. The molecule has 2 rings (SSSR count). The van der Waals surface area contributed by atoms with E-state index in [1.54, 1.807) is 29.4 Å². The molecule has 7 heteroatoms. The van der Waals surface area contributed by atoms with E-state index in [1.165, 1.54) is 11.1 Å². The minimum Gasteiger partial charge on any atom is -0.339 e. The number of aromatic nitrogens is 1. The predicted molar refractivity (Wildman–Crippen MR) is 86.6 cm³/mol. The molecule has 1 atom stereocenters. The van der Waals surface area contributed by atoms with Crippen LogP contribution in [0.1, 0.15) is 22.2 Å². The Bertz CT molecular complexity index is 617. The fourth-order valence-corrected chi connectivity index (χ4v) is 2.97. The van der Waals surface area contributed by atoms with Crippen molar-refractivity contribution in [3.63, 3.8) is 0 Å². The van der Waals surface area contributed by atoms with Gasteiger partial charge in [-0.05, 0) is 24.4 Å². The maximum Gasteiger partial charge on any atom is 0.255 e. The molecule has 5 nitrogen and oxygen atoms in total. The van der Waals surface area contributed by atoms with Gasteiger partial charge in [0.05, 0.1) is 10.6 Å². The fraction of sp³-hybridized carbons (Fsp3) is 0.286. The highest BCUT2D eigenvalue weighted by Gasteiger charge is 2.19. The van der Waals surface area contributed by atoms with Crippen molar-refractivity contribution in [3.05, 3.63) is 45.2 Å². The van der Waals surface area contributed by atoms with Crippen LogP contribution in [0.4, 0.5) is 5.82 Å². The lowest BCUT2D eigenvalue weighted by Gasteiger charge is -2.24. The van der Waals surface area contributed by atoms with Crippen molar-refractivity contribution >= 4 is 34.7 Å². The molecule has 0 bridgehead atoms. The largest absolute Gasteiger partial charge is 0.339 e. The average molecular weight is 325 g/mol. The number of carbonyl (C=O) groups is 1. The van der Waals surface area contributed by atoms with Crippen LogP contribution >= 0.6 is 22.9 Å². The van der Waals surface area contributed by atoms with Crippen molar-refractivity contribution < 1.29 is 4.79 Å². The molecule has 2 aromatic heterocycles. The van der Waals surface area contributed by atoms with E-state index in [0.717, 1.165) is 6.42 Å². The number of nitrogen functional groups attached to an aromatic ring is 1. The van der Waals surface area contributed by atoms with E-state index >= 15 is 0 Å². The number of carbonyl (C=O) groups excluding carboxylic acids is 1. The van der Waals surface area contributed by atoms with Crippen molar-refractivity contribution in [1.82, 2.24) is 9.88 Å². The first kappa shape index (κ1) is 15.8. The van der Waals surface area contributed by atoms with Gasteiger partial charge >= 0.3 is 0 Å². The predicted octanol–water partition coefficient (Wildman–Crippen LogP) is 2.79. The van der Waals surface area contributed by atoms with E-state index in [1.807, 2.05) is 18.4 Å². The Balaban J connectivity index is 2.09. The number of hydrazine groups is 1. The van der Waals surface area contributed by atoms with Gasteiger partial charge in [-0.15, -0.1) is 11.3 Å². The topological polar surface area (TPSA) is 71.2 Å². The minimum absolute atomic E-state index is 0.0854. The third-order valence-corrected chi connectivity index (χ3v) is 4.47. The molecule has 112 valence electrons. The second kappa shape index (κ2) is 6.89. The number of hydrogen-bond donors (Lipinski definition) is 2. The van der Waals surface area contributed by atoms with Crippen LogP contribution < -0.4 is 11.3 Å². The van der Waals surface area contributed by atoms with Gasteiger partial charge in [0, 0.05) is 30.6 Å². The summed E-state index contributed by atoms with van der Waals surface area (Å²) in [5.41, 5.74) is 2.82. The zero-order chi connectivity index (χ0) is 15.4. The Hall–Kier alpha value is -1.63. The van der Waals surface area contributed by atoms with Gasteiger partial charge in [-0.2, -0.15) is 0 Å². The molecule has 0 aromatic carbocycles. The van der Waals surface area contributed by atoms with Crippen molar-refractivity contribution in [1.29, 1.82) is 0 Å². The Morgan fingerprint density at radius 2 is 2.38 bits per heavy atom. The lowest BCUT2D eigenvalue weighted by atomic mass is 10.1. The van der Waals surface area contributed by atoms with Crippen molar-refractivity contribution in [2.24, 2.45) is 5.84 Å². The lowest BCUT2D eigenvalue weighted by Crippen LogP contribution is -2.36. The number of pyridine rings is 1. The minimum atomic E-state index is -0.114.